The first kappa shape index (κ1) is 14.8. The molecule has 0 aromatic heterocycles. The van der Waals surface area contributed by atoms with E-state index in [9.17, 15) is 4.39 Å². The van der Waals surface area contributed by atoms with Crippen LogP contribution >= 0.6 is 39.1 Å². The summed E-state index contributed by atoms with van der Waals surface area (Å²) in [6.07, 6.45) is 0.756. The summed E-state index contributed by atoms with van der Waals surface area (Å²) in [4.78, 5) is 0. The van der Waals surface area contributed by atoms with Gasteiger partial charge in [-0.3, -0.25) is 0 Å². The molecule has 2 rings (SSSR count). The van der Waals surface area contributed by atoms with Crippen molar-refractivity contribution < 1.29 is 4.39 Å². The van der Waals surface area contributed by atoms with Gasteiger partial charge in [0.25, 0.3) is 0 Å². The zero-order valence-corrected chi connectivity index (χ0v) is 13.1. The molecule has 0 heterocycles. The molecule has 0 saturated heterocycles. The SMILES string of the molecule is Fc1ccc(CC(CCl)c2ccc(Cl)cc2)c(Br)c1. The normalized spacial score (nSPS) is 12.4. The van der Waals surface area contributed by atoms with Crippen LogP contribution in [0.3, 0.4) is 0 Å². The molecule has 0 spiro atoms. The van der Waals surface area contributed by atoms with Gasteiger partial charge in [0.05, 0.1) is 0 Å². The highest BCUT2D eigenvalue weighted by Crippen LogP contribution is 2.27. The topological polar surface area (TPSA) is 0 Å². The minimum Gasteiger partial charge on any atom is -0.207 e. The Morgan fingerprint density at radius 1 is 1.11 bits per heavy atom. The van der Waals surface area contributed by atoms with Gasteiger partial charge in [-0.2, -0.15) is 0 Å². The minimum atomic E-state index is -0.246. The molecule has 0 aliphatic heterocycles. The van der Waals surface area contributed by atoms with Gasteiger partial charge in [-0.25, -0.2) is 4.39 Å². The van der Waals surface area contributed by atoms with Crippen molar-refractivity contribution in [3.05, 3.63) is 68.9 Å². The number of rotatable bonds is 4. The third kappa shape index (κ3) is 3.95. The first-order chi connectivity index (χ1) is 9.10. The fourth-order valence-electron chi connectivity index (χ4n) is 1.95. The summed E-state index contributed by atoms with van der Waals surface area (Å²) >= 11 is 15.3. The third-order valence-electron chi connectivity index (χ3n) is 3.01. The van der Waals surface area contributed by atoms with E-state index >= 15 is 0 Å². The summed E-state index contributed by atoms with van der Waals surface area (Å²) in [5.74, 6) is 0.441. The predicted molar refractivity (Wildman–Crippen MR) is 82.7 cm³/mol. The van der Waals surface area contributed by atoms with E-state index in [-0.39, 0.29) is 11.7 Å². The number of alkyl halides is 1. The van der Waals surface area contributed by atoms with Gasteiger partial charge in [-0.1, -0.05) is 45.7 Å². The van der Waals surface area contributed by atoms with Crippen LogP contribution in [0.15, 0.2) is 46.9 Å². The summed E-state index contributed by atoms with van der Waals surface area (Å²) in [6, 6.07) is 12.4. The molecule has 100 valence electrons. The first-order valence-corrected chi connectivity index (χ1v) is 7.56. The molecule has 0 bridgehead atoms. The lowest BCUT2D eigenvalue weighted by molar-refractivity contribution is 0.625. The van der Waals surface area contributed by atoms with Gasteiger partial charge in [0.1, 0.15) is 5.82 Å². The Morgan fingerprint density at radius 2 is 1.79 bits per heavy atom. The number of benzene rings is 2. The van der Waals surface area contributed by atoms with E-state index in [0.717, 1.165) is 22.0 Å². The van der Waals surface area contributed by atoms with Gasteiger partial charge in [-0.15, -0.1) is 11.6 Å². The maximum absolute atomic E-state index is 13.1. The van der Waals surface area contributed by atoms with Crippen molar-refractivity contribution in [1.29, 1.82) is 0 Å². The van der Waals surface area contributed by atoms with E-state index in [0.29, 0.717) is 10.9 Å². The Balaban J connectivity index is 2.21. The number of hydrogen-bond acceptors (Lipinski definition) is 0. The quantitative estimate of drug-likeness (QED) is 0.603. The molecule has 0 fully saturated rings. The fourth-order valence-corrected chi connectivity index (χ4v) is 2.88. The summed E-state index contributed by atoms with van der Waals surface area (Å²) in [5, 5.41) is 0.708. The molecule has 0 aliphatic carbocycles. The smallest absolute Gasteiger partial charge is 0.124 e. The minimum absolute atomic E-state index is 0.181. The van der Waals surface area contributed by atoms with Gasteiger partial charge >= 0.3 is 0 Å². The van der Waals surface area contributed by atoms with Crippen LogP contribution in [0.2, 0.25) is 5.02 Å². The lowest BCUT2D eigenvalue weighted by Crippen LogP contribution is -2.05. The van der Waals surface area contributed by atoms with E-state index in [1.807, 2.05) is 24.3 Å². The van der Waals surface area contributed by atoms with Crippen molar-refractivity contribution in [2.45, 2.75) is 12.3 Å². The van der Waals surface area contributed by atoms with Gasteiger partial charge < -0.3 is 0 Å². The molecule has 2 aromatic rings. The highest BCUT2D eigenvalue weighted by molar-refractivity contribution is 9.10. The summed E-state index contributed by atoms with van der Waals surface area (Å²) < 4.78 is 13.8. The summed E-state index contributed by atoms with van der Waals surface area (Å²) in [5.41, 5.74) is 2.18. The third-order valence-corrected chi connectivity index (χ3v) is 4.37. The molecular weight excluding hydrogens is 350 g/mol. The molecule has 0 radical (unpaired) electrons. The molecule has 1 unspecified atom stereocenters. The lowest BCUT2D eigenvalue weighted by Gasteiger charge is -2.15. The van der Waals surface area contributed by atoms with Crippen LogP contribution in [0.25, 0.3) is 0 Å². The van der Waals surface area contributed by atoms with Crippen LogP contribution < -0.4 is 0 Å². The Hall–Kier alpha value is -0.570. The van der Waals surface area contributed by atoms with Gasteiger partial charge in [0.2, 0.25) is 0 Å². The van der Waals surface area contributed by atoms with E-state index < -0.39 is 0 Å². The van der Waals surface area contributed by atoms with Crippen LogP contribution in [-0.2, 0) is 6.42 Å². The summed E-state index contributed by atoms with van der Waals surface area (Å²) in [6.45, 7) is 0. The van der Waals surface area contributed by atoms with Gasteiger partial charge in [0.15, 0.2) is 0 Å². The van der Waals surface area contributed by atoms with Crippen molar-refractivity contribution in [3.63, 3.8) is 0 Å². The van der Waals surface area contributed by atoms with Crippen LogP contribution in [0.4, 0.5) is 4.39 Å². The van der Waals surface area contributed by atoms with Crippen LogP contribution in [0.5, 0.6) is 0 Å². The molecule has 0 N–H and O–H groups in total. The predicted octanol–water partition coefficient (Wildman–Crippen LogP) is 5.81. The largest absolute Gasteiger partial charge is 0.207 e. The second kappa shape index (κ2) is 6.74. The van der Waals surface area contributed by atoms with E-state index in [1.165, 1.54) is 12.1 Å². The molecular formula is C15H12BrCl2F. The maximum Gasteiger partial charge on any atom is 0.124 e. The zero-order valence-electron chi connectivity index (χ0n) is 10.0. The van der Waals surface area contributed by atoms with E-state index in [1.54, 1.807) is 6.07 Å². The molecule has 19 heavy (non-hydrogen) atoms. The second-order valence-corrected chi connectivity index (χ2v) is 5.94. The van der Waals surface area contributed by atoms with Crippen LogP contribution in [-0.4, -0.2) is 5.88 Å². The second-order valence-electron chi connectivity index (χ2n) is 4.34. The van der Waals surface area contributed by atoms with Crippen molar-refractivity contribution >= 4 is 39.1 Å². The molecule has 0 saturated carbocycles. The Bertz CT molecular complexity index is 555. The molecule has 0 amide bonds. The Morgan fingerprint density at radius 3 is 2.37 bits per heavy atom. The molecule has 4 heteroatoms. The lowest BCUT2D eigenvalue weighted by atomic mass is 9.93. The van der Waals surface area contributed by atoms with Crippen LogP contribution in [0.1, 0.15) is 17.0 Å². The number of halogens is 4. The molecule has 2 aromatic carbocycles. The molecule has 0 nitrogen and oxygen atoms in total. The van der Waals surface area contributed by atoms with E-state index in [4.69, 9.17) is 23.2 Å². The first-order valence-electron chi connectivity index (χ1n) is 5.85. The van der Waals surface area contributed by atoms with Crippen molar-refractivity contribution in [2.75, 3.05) is 5.88 Å². The van der Waals surface area contributed by atoms with Crippen molar-refractivity contribution in [3.8, 4) is 0 Å². The molecule has 1 atom stereocenters. The van der Waals surface area contributed by atoms with Crippen LogP contribution in [0, 0.1) is 5.82 Å². The average molecular weight is 362 g/mol. The van der Waals surface area contributed by atoms with Crippen molar-refractivity contribution in [1.82, 2.24) is 0 Å². The molecule has 0 aliphatic rings. The standard InChI is InChI=1S/C15H12BrCl2F/c16-15-8-14(19)6-3-11(15)7-12(9-17)10-1-4-13(18)5-2-10/h1-6,8,12H,7,9H2. The fraction of sp³-hybridized carbons (Fsp3) is 0.200. The summed E-state index contributed by atoms with van der Waals surface area (Å²) in [7, 11) is 0. The monoisotopic (exact) mass is 360 g/mol. The Labute approximate surface area is 130 Å². The zero-order chi connectivity index (χ0) is 13.8. The van der Waals surface area contributed by atoms with Gasteiger partial charge in [0, 0.05) is 21.3 Å². The van der Waals surface area contributed by atoms with Gasteiger partial charge in [-0.05, 0) is 41.8 Å². The van der Waals surface area contributed by atoms with E-state index in [2.05, 4.69) is 15.9 Å². The maximum atomic E-state index is 13.1. The van der Waals surface area contributed by atoms with Crippen molar-refractivity contribution in [2.24, 2.45) is 0 Å². The average Bonchev–Trinajstić information content (AvgIpc) is 2.39. The Kier molecular flexibility index (Phi) is 5.26. The number of hydrogen-bond donors (Lipinski definition) is 0. The highest BCUT2D eigenvalue weighted by Gasteiger charge is 2.13. The highest BCUT2D eigenvalue weighted by atomic mass is 79.9.